The molecular weight excluding hydrogens is 262 g/mol. The van der Waals surface area contributed by atoms with Crippen LogP contribution in [0.15, 0.2) is 5.38 Å². The maximum absolute atomic E-state index is 5.45. The molecule has 3 nitrogen and oxygen atoms in total. The van der Waals surface area contributed by atoms with Crippen LogP contribution >= 0.6 is 23.6 Å². The number of nitrogens with one attached hydrogen (secondary N) is 1. The fraction of sp³-hybridized carbons (Fsp3) is 0.692. The van der Waals surface area contributed by atoms with E-state index in [4.69, 9.17) is 12.2 Å². The first kappa shape index (κ1) is 13.7. The van der Waals surface area contributed by atoms with Gasteiger partial charge in [0.15, 0.2) is 5.11 Å². The zero-order valence-corrected chi connectivity index (χ0v) is 12.7. The van der Waals surface area contributed by atoms with Crippen LogP contribution in [-0.4, -0.2) is 28.1 Å². The van der Waals surface area contributed by atoms with Crippen molar-refractivity contribution in [3.05, 3.63) is 16.1 Å². The van der Waals surface area contributed by atoms with E-state index >= 15 is 0 Å². The topological polar surface area (TPSA) is 28.2 Å². The lowest BCUT2D eigenvalue weighted by molar-refractivity contribution is 0.391. The van der Waals surface area contributed by atoms with E-state index in [-0.39, 0.29) is 0 Å². The van der Waals surface area contributed by atoms with Crippen molar-refractivity contribution in [1.29, 1.82) is 0 Å². The van der Waals surface area contributed by atoms with Crippen LogP contribution in [0.25, 0.3) is 0 Å². The van der Waals surface area contributed by atoms with Gasteiger partial charge in [0.25, 0.3) is 0 Å². The lowest BCUT2D eigenvalue weighted by atomic mass is 9.96. The van der Waals surface area contributed by atoms with Crippen molar-refractivity contribution in [2.24, 2.45) is 0 Å². The average molecular weight is 283 g/mol. The number of aryl methyl sites for hydroxylation is 1. The molecule has 0 radical (unpaired) electrons. The Kier molecular flexibility index (Phi) is 4.95. The maximum atomic E-state index is 5.45. The van der Waals surface area contributed by atoms with Crippen molar-refractivity contribution in [2.45, 2.75) is 51.6 Å². The van der Waals surface area contributed by atoms with Crippen LogP contribution in [0.5, 0.6) is 0 Å². The molecule has 0 saturated heterocycles. The molecule has 1 fully saturated rings. The third-order valence-corrected chi connectivity index (χ3v) is 4.60. The first-order valence-corrected chi connectivity index (χ1v) is 7.86. The molecule has 18 heavy (non-hydrogen) atoms. The van der Waals surface area contributed by atoms with Crippen LogP contribution in [0.4, 0.5) is 0 Å². The number of rotatable bonds is 3. The minimum Gasteiger partial charge on any atom is -0.360 e. The van der Waals surface area contributed by atoms with Gasteiger partial charge in [-0.15, -0.1) is 11.3 Å². The molecule has 2 rings (SSSR count). The molecule has 1 aromatic rings. The highest BCUT2D eigenvalue weighted by Crippen LogP contribution is 2.17. The summed E-state index contributed by atoms with van der Waals surface area (Å²) in [5, 5.41) is 7.55. The number of thiocarbonyl (C=S) groups is 1. The molecule has 0 aliphatic heterocycles. The number of aromatic nitrogens is 1. The van der Waals surface area contributed by atoms with Crippen LogP contribution in [-0.2, 0) is 6.54 Å². The summed E-state index contributed by atoms with van der Waals surface area (Å²) in [5.74, 6) is 0. The summed E-state index contributed by atoms with van der Waals surface area (Å²) in [6, 6.07) is 0.575. The molecule has 1 aliphatic rings. The molecule has 1 aromatic heterocycles. The van der Waals surface area contributed by atoms with Crippen molar-refractivity contribution in [2.75, 3.05) is 7.05 Å². The standard InChI is InChI=1S/C13H21N3S2/c1-10-14-12(9-18-10)8-16(2)13(17)15-11-6-4-3-5-7-11/h9,11H,3-8H2,1-2H3,(H,15,17). The van der Waals surface area contributed by atoms with Crippen LogP contribution in [0.3, 0.4) is 0 Å². The molecule has 1 aliphatic carbocycles. The minimum absolute atomic E-state index is 0.575. The number of thiazole rings is 1. The fourth-order valence-corrected chi connectivity index (χ4v) is 3.16. The molecule has 1 saturated carbocycles. The van der Waals surface area contributed by atoms with E-state index in [9.17, 15) is 0 Å². The molecule has 0 unspecified atom stereocenters. The quantitative estimate of drug-likeness (QED) is 0.863. The molecule has 1 N–H and O–H groups in total. The largest absolute Gasteiger partial charge is 0.360 e. The predicted octanol–water partition coefficient (Wildman–Crippen LogP) is 3.09. The van der Waals surface area contributed by atoms with Gasteiger partial charge in [-0.05, 0) is 32.0 Å². The van der Waals surface area contributed by atoms with Crippen LogP contribution in [0.2, 0.25) is 0 Å². The molecule has 0 spiro atoms. The minimum atomic E-state index is 0.575. The van der Waals surface area contributed by atoms with E-state index in [1.165, 1.54) is 32.1 Å². The van der Waals surface area contributed by atoms with E-state index in [1.54, 1.807) is 11.3 Å². The van der Waals surface area contributed by atoms with Crippen LogP contribution < -0.4 is 5.32 Å². The Morgan fingerprint density at radius 2 is 2.22 bits per heavy atom. The normalized spacial score (nSPS) is 16.6. The second-order valence-corrected chi connectivity index (χ2v) is 6.45. The van der Waals surface area contributed by atoms with Gasteiger partial charge < -0.3 is 10.2 Å². The van der Waals surface area contributed by atoms with E-state index in [2.05, 4.69) is 20.6 Å². The highest BCUT2D eigenvalue weighted by atomic mass is 32.1. The van der Waals surface area contributed by atoms with Crippen molar-refractivity contribution in [3.8, 4) is 0 Å². The van der Waals surface area contributed by atoms with Crippen LogP contribution in [0, 0.1) is 6.92 Å². The third-order valence-electron chi connectivity index (χ3n) is 3.35. The van der Waals surface area contributed by atoms with E-state index in [0.717, 1.165) is 22.4 Å². The van der Waals surface area contributed by atoms with Crippen molar-refractivity contribution < 1.29 is 0 Å². The number of hydrogen-bond acceptors (Lipinski definition) is 3. The summed E-state index contributed by atoms with van der Waals surface area (Å²) in [5.41, 5.74) is 1.10. The highest BCUT2D eigenvalue weighted by molar-refractivity contribution is 7.80. The molecular formula is C13H21N3S2. The van der Waals surface area contributed by atoms with Gasteiger partial charge in [-0.25, -0.2) is 4.98 Å². The average Bonchev–Trinajstić information content (AvgIpc) is 2.76. The van der Waals surface area contributed by atoms with Gasteiger partial charge in [0.05, 0.1) is 17.2 Å². The van der Waals surface area contributed by atoms with Gasteiger partial charge in [-0.2, -0.15) is 0 Å². The molecule has 0 amide bonds. The Morgan fingerprint density at radius 3 is 2.83 bits per heavy atom. The first-order valence-electron chi connectivity index (χ1n) is 6.58. The maximum Gasteiger partial charge on any atom is 0.169 e. The van der Waals surface area contributed by atoms with E-state index < -0.39 is 0 Å². The summed E-state index contributed by atoms with van der Waals surface area (Å²) in [4.78, 5) is 6.55. The number of nitrogens with zero attached hydrogens (tertiary/aromatic N) is 2. The molecule has 0 bridgehead atoms. The Balaban J connectivity index is 1.80. The highest BCUT2D eigenvalue weighted by Gasteiger charge is 2.16. The Hall–Kier alpha value is -0.680. The third kappa shape index (κ3) is 3.92. The molecule has 100 valence electrons. The molecule has 1 heterocycles. The van der Waals surface area contributed by atoms with Crippen LogP contribution in [0.1, 0.15) is 42.8 Å². The first-order chi connectivity index (χ1) is 8.65. The lowest BCUT2D eigenvalue weighted by Crippen LogP contribution is -2.43. The molecule has 0 atom stereocenters. The lowest BCUT2D eigenvalue weighted by Gasteiger charge is -2.28. The summed E-state index contributed by atoms with van der Waals surface area (Å²) in [6.45, 7) is 2.83. The van der Waals surface area contributed by atoms with Gasteiger partial charge in [-0.1, -0.05) is 19.3 Å². The van der Waals surface area contributed by atoms with Gasteiger partial charge >= 0.3 is 0 Å². The Bertz CT molecular complexity index is 397. The number of hydrogen-bond donors (Lipinski definition) is 1. The summed E-state index contributed by atoms with van der Waals surface area (Å²) in [7, 11) is 2.03. The molecule has 0 aromatic carbocycles. The van der Waals surface area contributed by atoms with Crippen molar-refractivity contribution >= 4 is 28.7 Å². The summed E-state index contributed by atoms with van der Waals surface area (Å²) >= 11 is 7.15. The smallest absolute Gasteiger partial charge is 0.169 e. The fourth-order valence-electron chi connectivity index (χ4n) is 2.33. The van der Waals surface area contributed by atoms with Gasteiger partial charge in [0.1, 0.15) is 0 Å². The van der Waals surface area contributed by atoms with E-state index in [0.29, 0.717) is 6.04 Å². The molecule has 5 heteroatoms. The zero-order chi connectivity index (χ0) is 13.0. The summed E-state index contributed by atoms with van der Waals surface area (Å²) in [6.07, 6.45) is 6.54. The van der Waals surface area contributed by atoms with Gasteiger partial charge in [-0.3, -0.25) is 0 Å². The van der Waals surface area contributed by atoms with Gasteiger partial charge in [0.2, 0.25) is 0 Å². The predicted molar refractivity (Wildman–Crippen MR) is 80.9 cm³/mol. The Morgan fingerprint density at radius 1 is 1.50 bits per heavy atom. The monoisotopic (exact) mass is 283 g/mol. The SMILES string of the molecule is Cc1nc(CN(C)C(=S)NC2CCCCC2)cs1. The van der Waals surface area contributed by atoms with E-state index in [1.807, 2.05) is 14.0 Å². The second-order valence-electron chi connectivity index (χ2n) is 5.00. The van der Waals surface area contributed by atoms with Gasteiger partial charge in [0, 0.05) is 18.5 Å². The second kappa shape index (κ2) is 6.48. The van der Waals surface area contributed by atoms with Crippen molar-refractivity contribution in [3.63, 3.8) is 0 Å². The Labute approximate surface area is 119 Å². The van der Waals surface area contributed by atoms with Crippen molar-refractivity contribution in [1.82, 2.24) is 15.2 Å². The zero-order valence-electron chi connectivity index (χ0n) is 11.1. The summed E-state index contributed by atoms with van der Waals surface area (Å²) < 4.78 is 0.